The highest BCUT2D eigenvalue weighted by molar-refractivity contribution is 7.89. The van der Waals surface area contributed by atoms with Crippen LogP contribution in [-0.4, -0.2) is 45.4 Å². The molecule has 0 saturated carbocycles. The van der Waals surface area contributed by atoms with Crippen molar-refractivity contribution < 1.29 is 22.7 Å². The predicted octanol–water partition coefficient (Wildman–Crippen LogP) is 3.84. The summed E-state index contributed by atoms with van der Waals surface area (Å²) in [5.41, 5.74) is 1.64. The van der Waals surface area contributed by atoms with Crippen molar-refractivity contribution in [3.8, 4) is 11.5 Å². The number of ether oxygens (including phenoxy) is 2. The average Bonchev–Trinajstić information content (AvgIpc) is 3.36. The Hall–Kier alpha value is -2.84. The lowest BCUT2D eigenvalue weighted by molar-refractivity contribution is -0.116. The second kappa shape index (κ2) is 11.3. The number of benzene rings is 2. The number of methoxy groups -OCH3 is 1. The first kappa shape index (κ1) is 24.8. The van der Waals surface area contributed by atoms with Crippen LogP contribution in [0, 0.1) is 5.92 Å². The van der Waals surface area contributed by atoms with Crippen molar-refractivity contribution in [2.75, 3.05) is 26.8 Å². The van der Waals surface area contributed by atoms with Gasteiger partial charge in [-0.1, -0.05) is 32.0 Å². The number of rotatable bonds is 10. The van der Waals surface area contributed by atoms with Gasteiger partial charge < -0.3 is 14.8 Å². The summed E-state index contributed by atoms with van der Waals surface area (Å²) in [5, 5.41) is 2.81. The van der Waals surface area contributed by atoms with E-state index >= 15 is 0 Å². The Labute approximate surface area is 196 Å². The fourth-order valence-electron chi connectivity index (χ4n) is 3.44. The van der Waals surface area contributed by atoms with Crippen LogP contribution in [0.15, 0.2) is 53.4 Å². The predicted molar refractivity (Wildman–Crippen MR) is 129 cm³/mol. The van der Waals surface area contributed by atoms with Gasteiger partial charge >= 0.3 is 0 Å². The summed E-state index contributed by atoms with van der Waals surface area (Å²) in [4.78, 5) is 12.5. The van der Waals surface area contributed by atoms with Crippen LogP contribution in [0.3, 0.4) is 0 Å². The van der Waals surface area contributed by atoms with Gasteiger partial charge in [0.1, 0.15) is 0 Å². The largest absolute Gasteiger partial charge is 0.493 e. The first-order valence-electron chi connectivity index (χ1n) is 11.2. The Morgan fingerprint density at radius 2 is 1.79 bits per heavy atom. The molecule has 7 nitrogen and oxygen atoms in total. The Morgan fingerprint density at radius 3 is 2.42 bits per heavy atom. The Kier molecular flexibility index (Phi) is 8.52. The van der Waals surface area contributed by atoms with Crippen LogP contribution in [0.5, 0.6) is 11.5 Å². The molecule has 178 valence electrons. The van der Waals surface area contributed by atoms with E-state index in [9.17, 15) is 13.2 Å². The molecule has 2 aromatic rings. The molecule has 0 unspecified atom stereocenters. The minimum Gasteiger partial charge on any atom is -0.493 e. The number of nitrogens with zero attached hydrogens (tertiary/aromatic N) is 1. The highest BCUT2D eigenvalue weighted by atomic mass is 32.2. The first-order chi connectivity index (χ1) is 15.8. The number of sulfonamides is 1. The fraction of sp³-hybridized carbons (Fsp3) is 0.400. The summed E-state index contributed by atoms with van der Waals surface area (Å²) in [6.07, 6.45) is 4.96. The van der Waals surface area contributed by atoms with Crippen molar-refractivity contribution in [2.45, 2.75) is 38.1 Å². The van der Waals surface area contributed by atoms with Crippen molar-refractivity contribution in [1.29, 1.82) is 0 Å². The van der Waals surface area contributed by atoms with E-state index in [-0.39, 0.29) is 10.8 Å². The molecule has 0 atom stereocenters. The molecular weight excluding hydrogens is 440 g/mol. The SMILES string of the molecule is COc1cc(C=CC(=O)NCc2ccc(S(=O)(=O)N3CCCC3)cc2)ccc1OCC(C)C. The van der Waals surface area contributed by atoms with Crippen LogP contribution >= 0.6 is 0 Å². The molecule has 0 radical (unpaired) electrons. The van der Waals surface area contributed by atoms with Crippen molar-refractivity contribution in [2.24, 2.45) is 5.92 Å². The van der Waals surface area contributed by atoms with Gasteiger partial charge in [0.25, 0.3) is 0 Å². The molecule has 8 heteroatoms. The van der Waals surface area contributed by atoms with E-state index in [0.29, 0.717) is 43.7 Å². The molecule has 1 amide bonds. The lowest BCUT2D eigenvalue weighted by atomic mass is 10.1. The molecule has 0 aromatic heterocycles. The molecule has 1 fully saturated rings. The Morgan fingerprint density at radius 1 is 1.09 bits per heavy atom. The van der Waals surface area contributed by atoms with E-state index in [2.05, 4.69) is 19.2 Å². The maximum absolute atomic E-state index is 12.6. The molecule has 0 aliphatic carbocycles. The van der Waals surface area contributed by atoms with Gasteiger partial charge in [-0.05, 0) is 60.2 Å². The number of carbonyl (C=O) groups excluding carboxylic acids is 1. The monoisotopic (exact) mass is 472 g/mol. The molecule has 1 aliphatic rings. The Balaban J connectivity index is 1.54. The normalized spacial score (nSPS) is 14.7. The van der Waals surface area contributed by atoms with E-state index in [4.69, 9.17) is 9.47 Å². The van der Waals surface area contributed by atoms with Crippen LogP contribution in [0.2, 0.25) is 0 Å². The average molecular weight is 473 g/mol. The van der Waals surface area contributed by atoms with E-state index in [0.717, 1.165) is 24.0 Å². The maximum Gasteiger partial charge on any atom is 0.244 e. The smallest absolute Gasteiger partial charge is 0.244 e. The molecule has 2 aromatic carbocycles. The van der Waals surface area contributed by atoms with Gasteiger partial charge in [0.15, 0.2) is 11.5 Å². The molecule has 1 aliphatic heterocycles. The van der Waals surface area contributed by atoms with Crippen LogP contribution in [0.4, 0.5) is 0 Å². The van der Waals surface area contributed by atoms with Gasteiger partial charge in [0, 0.05) is 25.7 Å². The molecule has 1 heterocycles. The van der Waals surface area contributed by atoms with E-state index in [1.54, 1.807) is 37.5 Å². The summed E-state index contributed by atoms with van der Waals surface area (Å²) < 4.78 is 37.8. The molecule has 0 spiro atoms. The van der Waals surface area contributed by atoms with Crippen LogP contribution in [-0.2, 0) is 21.4 Å². The van der Waals surface area contributed by atoms with E-state index in [1.807, 2.05) is 18.2 Å². The number of nitrogens with one attached hydrogen (secondary N) is 1. The summed E-state index contributed by atoms with van der Waals surface area (Å²) in [5.74, 6) is 1.44. The van der Waals surface area contributed by atoms with Gasteiger partial charge in [-0.2, -0.15) is 4.31 Å². The summed E-state index contributed by atoms with van der Waals surface area (Å²) in [6.45, 7) is 6.20. The molecule has 33 heavy (non-hydrogen) atoms. The number of hydrogen-bond donors (Lipinski definition) is 1. The third-order valence-corrected chi connectivity index (χ3v) is 7.19. The molecule has 3 rings (SSSR count). The highest BCUT2D eigenvalue weighted by Gasteiger charge is 2.26. The zero-order valence-corrected chi connectivity index (χ0v) is 20.2. The van der Waals surface area contributed by atoms with Crippen LogP contribution in [0.1, 0.15) is 37.8 Å². The van der Waals surface area contributed by atoms with Crippen LogP contribution < -0.4 is 14.8 Å². The van der Waals surface area contributed by atoms with Gasteiger partial charge in [0.05, 0.1) is 18.6 Å². The van der Waals surface area contributed by atoms with Crippen molar-refractivity contribution in [3.05, 3.63) is 59.7 Å². The number of carbonyl (C=O) groups is 1. The highest BCUT2D eigenvalue weighted by Crippen LogP contribution is 2.29. The fourth-order valence-corrected chi connectivity index (χ4v) is 4.96. The third kappa shape index (κ3) is 6.82. The summed E-state index contributed by atoms with van der Waals surface area (Å²) in [6, 6.07) is 12.2. The minimum absolute atomic E-state index is 0.247. The lowest BCUT2D eigenvalue weighted by Crippen LogP contribution is -2.27. The second-order valence-corrected chi connectivity index (χ2v) is 10.4. The maximum atomic E-state index is 12.6. The quantitative estimate of drug-likeness (QED) is 0.531. The number of hydrogen-bond acceptors (Lipinski definition) is 5. The molecule has 1 saturated heterocycles. The third-order valence-electron chi connectivity index (χ3n) is 5.28. The molecule has 0 bridgehead atoms. The van der Waals surface area contributed by atoms with Gasteiger partial charge in [-0.25, -0.2) is 8.42 Å². The molecule has 1 N–H and O–H groups in total. The second-order valence-electron chi connectivity index (χ2n) is 8.42. The Bertz CT molecular complexity index is 1070. The molecular formula is C25H32N2O5S. The zero-order chi connectivity index (χ0) is 23.8. The summed E-state index contributed by atoms with van der Waals surface area (Å²) >= 11 is 0. The number of amides is 1. The van der Waals surface area contributed by atoms with Crippen molar-refractivity contribution >= 4 is 22.0 Å². The standard InChI is InChI=1S/C25H32N2O5S/c1-19(2)18-32-23-12-8-20(16-24(23)31-3)9-13-25(28)26-17-21-6-10-22(11-7-21)33(29,30)27-14-4-5-15-27/h6-13,16,19H,4-5,14-15,17-18H2,1-3H3,(H,26,28). The van der Waals surface area contributed by atoms with Gasteiger partial charge in [0.2, 0.25) is 15.9 Å². The first-order valence-corrected chi connectivity index (χ1v) is 12.6. The van der Waals surface area contributed by atoms with Crippen LogP contribution in [0.25, 0.3) is 6.08 Å². The van der Waals surface area contributed by atoms with E-state index in [1.165, 1.54) is 10.4 Å². The van der Waals surface area contributed by atoms with Gasteiger partial charge in [-0.3, -0.25) is 4.79 Å². The lowest BCUT2D eigenvalue weighted by Gasteiger charge is -2.15. The van der Waals surface area contributed by atoms with Crippen molar-refractivity contribution in [3.63, 3.8) is 0 Å². The summed E-state index contributed by atoms with van der Waals surface area (Å²) in [7, 11) is -1.84. The van der Waals surface area contributed by atoms with Gasteiger partial charge in [-0.15, -0.1) is 0 Å². The van der Waals surface area contributed by atoms with E-state index < -0.39 is 10.0 Å². The zero-order valence-electron chi connectivity index (χ0n) is 19.4. The minimum atomic E-state index is -3.43. The van der Waals surface area contributed by atoms with Crippen molar-refractivity contribution in [1.82, 2.24) is 9.62 Å². The topological polar surface area (TPSA) is 84.9 Å².